The molecule has 28 heavy (non-hydrogen) atoms. The van der Waals surface area contributed by atoms with E-state index in [9.17, 15) is 9.59 Å². The van der Waals surface area contributed by atoms with Crippen molar-refractivity contribution in [2.24, 2.45) is 0 Å². The number of methoxy groups -OCH3 is 1. The first-order valence-corrected chi connectivity index (χ1v) is 9.83. The number of benzene rings is 1. The number of carbonyl (C=O) groups excluding carboxylic acids is 2. The van der Waals surface area contributed by atoms with Gasteiger partial charge in [-0.25, -0.2) is 4.79 Å². The van der Waals surface area contributed by atoms with Crippen LogP contribution in [0.5, 0.6) is 11.5 Å². The fourth-order valence-electron chi connectivity index (χ4n) is 2.46. The second kappa shape index (κ2) is 14.7. The molecule has 0 amide bonds. The minimum absolute atomic E-state index is 0.146. The summed E-state index contributed by atoms with van der Waals surface area (Å²) in [5, 5.41) is 0. The first-order valence-electron chi connectivity index (χ1n) is 9.83. The maximum Gasteiger partial charge on any atom is 0.338 e. The van der Waals surface area contributed by atoms with E-state index >= 15 is 0 Å². The van der Waals surface area contributed by atoms with Crippen LogP contribution in [0.1, 0.15) is 56.3 Å². The van der Waals surface area contributed by atoms with Gasteiger partial charge in [-0.15, -0.1) is 0 Å². The molecule has 0 heterocycles. The molecule has 7 heteroatoms. The first kappa shape index (κ1) is 23.8. The molecule has 0 spiro atoms. The second-order valence-corrected chi connectivity index (χ2v) is 6.04. The van der Waals surface area contributed by atoms with Crippen LogP contribution in [0, 0.1) is 0 Å². The number of hydrogen-bond acceptors (Lipinski definition) is 7. The third kappa shape index (κ3) is 9.60. The van der Waals surface area contributed by atoms with Gasteiger partial charge >= 0.3 is 11.9 Å². The fourth-order valence-corrected chi connectivity index (χ4v) is 2.46. The van der Waals surface area contributed by atoms with Crippen molar-refractivity contribution in [3.05, 3.63) is 23.8 Å². The fraction of sp³-hybridized carbons (Fsp3) is 0.619. The van der Waals surface area contributed by atoms with E-state index in [0.717, 1.165) is 25.7 Å². The molecular formula is C21H32O7. The Balaban J connectivity index is 2.49. The van der Waals surface area contributed by atoms with E-state index in [1.54, 1.807) is 39.2 Å². The lowest BCUT2D eigenvalue weighted by molar-refractivity contribution is -0.143. The van der Waals surface area contributed by atoms with Crippen molar-refractivity contribution in [1.82, 2.24) is 0 Å². The van der Waals surface area contributed by atoms with Gasteiger partial charge < -0.3 is 23.7 Å². The lowest BCUT2D eigenvalue weighted by Crippen LogP contribution is -2.09. The van der Waals surface area contributed by atoms with Crippen molar-refractivity contribution >= 4 is 11.9 Å². The van der Waals surface area contributed by atoms with Gasteiger partial charge in [-0.1, -0.05) is 12.8 Å². The monoisotopic (exact) mass is 396 g/mol. The Morgan fingerprint density at radius 2 is 1.54 bits per heavy atom. The van der Waals surface area contributed by atoms with Gasteiger partial charge in [0.15, 0.2) is 11.5 Å². The molecule has 1 aromatic rings. The van der Waals surface area contributed by atoms with Gasteiger partial charge in [0, 0.05) is 13.5 Å². The van der Waals surface area contributed by atoms with Crippen molar-refractivity contribution in [2.45, 2.75) is 46.0 Å². The van der Waals surface area contributed by atoms with Crippen LogP contribution in [0.3, 0.4) is 0 Å². The number of esters is 2. The Morgan fingerprint density at radius 1 is 0.821 bits per heavy atom. The van der Waals surface area contributed by atoms with Gasteiger partial charge in [0.05, 0.1) is 32.0 Å². The van der Waals surface area contributed by atoms with Gasteiger partial charge in [-0.2, -0.15) is 0 Å². The van der Waals surface area contributed by atoms with Crippen molar-refractivity contribution < 1.29 is 33.3 Å². The number of unbranched alkanes of at least 4 members (excludes halogenated alkanes) is 3. The van der Waals surface area contributed by atoms with Crippen LogP contribution in [0.4, 0.5) is 0 Å². The number of hydrogen-bond donors (Lipinski definition) is 0. The highest BCUT2D eigenvalue weighted by Gasteiger charge is 2.13. The highest BCUT2D eigenvalue weighted by atomic mass is 16.5. The lowest BCUT2D eigenvalue weighted by atomic mass is 10.1. The molecule has 0 unspecified atom stereocenters. The number of carbonyl (C=O) groups is 2. The Kier molecular flexibility index (Phi) is 12.5. The summed E-state index contributed by atoms with van der Waals surface area (Å²) in [6.07, 6.45) is 3.97. The summed E-state index contributed by atoms with van der Waals surface area (Å²) >= 11 is 0. The van der Waals surface area contributed by atoms with E-state index in [2.05, 4.69) is 0 Å². The van der Waals surface area contributed by atoms with Crippen LogP contribution in [0.2, 0.25) is 0 Å². The van der Waals surface area contributed by atoms with Gasteiger partial charge in [-0.3, -0.25) is 4.79 Å². The first-order chi connectivity index (χ1) is 13.6. The zero-order valence-electron chi connectivity index (χ0n) is 17.2. The highest BCUT2D eigenvalue weighted by molar-refractivity contribution is 5.90. The summed E-state index contributed by atoms with van der Waals surface area (Å²) in [6.45, 7) is 5.64. The molecule has 0 atom stereocenters. The van der Waals surface area contributed by atoms with Crippen LogP contribution in [-0.4, -0.2) is 52.1 Å². The minimum atomic E-state index is -0.394. The van der Waals surface area contributed by atoms with Crippen LogP contribution >= 0.6 is 0 Å². The van der Waals surface area contributed by atoms with E-state index < -0.39 is 5.97 Å². The van der Waals surface area contributed by atoms with Crippen LogP contribution < -0.4 is 9.47 Å². The predicted octanol–water partition coefficient (Wildman–Crippen LogP) is 3.78. The summed E-state index contributed by atoms with van der Waals surface area (Å²) in [5.74, 6) is 0.530. The molecule has 0 aliphatic rings. The Hall–Kier alpha value is -2.28. The zero-order valence-corrected chi connectivity index (χ0v) is 17.2. The van der Waals surface area contributed by atoms with Crippen molar-refractivity contribution in [2.75, 3.05) is 40.1 Å². The molecule has 1 aromatic carbocycles. The zero-order chi connectivity index (χ0) is 20.6. The Bertz CT molecular complexity index is 586. The molecule has 0 aromatic heterocycles. The van der Waals surface area contributed by atoms with Crippen molar-refractivity contribution in [3.63, 3.8) is 0 Å². The molecule has 7 nitrogen and oxygen atoms in total. The second-order valence-electron chi connectivity index (χ2n) is 6.04. The van der Waals surface area contributed by atoms with E-state index in [1.165, 1.54) is 0 Å². The Labute approximate surface area is 167 Å². The van der Waals surface area contributed by atoms with Crippen molar-refractivity contribution in [1.29, 1.82) is 0 Å². The van der Waals surface area contributed by atoms with Crippen LogP contribution in [0.25, 0.3) is 0 Å². The molecule has 0 saturated heterocycles. The molecule has 0 N–H and O–H groups in total. The smallest absolute Gasteiger partial charge is 0.338 e. The standard InChI is InChI=1S/C21H32O7/c1-4-25-20(22)10-8-6-7-9-13-27-19-16-17(21(23)26-5-2)11-12-18(19)28-15-14-24-3/h11-12,16H,4-10,13-15H2,1-3H3. The largest absolute Gasteiger partial charge is 0.490 e. The van der Waals surface area contributed by atoms with Gasteiger partial charge in [0.1, 0.15) is 6.61 Å². The molecule has 1 rings (SSSR count). The summed E-state index contributed by atoms with van der Waals surface area (Å²) < 4.78 is 26.4. The molecule has 0 aliphatic heterocycles. The third-order valence-electron chi connectivity index (χ3n) is 3.84. The van der Waals surface area contributed by atoms with Crippen molar-refractivity contribution in [3.8, 4) is 11.5 Å². The van der Waals surface area contributed by atoms with Crippen LogP contribution in [0.15, 0.2) is 18.2 Å². The molecule has 0 saturated carbocycles. The van der Waals surface area contributed by atoms with Gasteiger partial charge in [-0.05, 0) is 44.9 Å². The number of rotatable bonds is 15. The number of ether oxygens (including phenoxy) is 5. The average Bonchev–Trinajstić information content (AvgIpc) is 2.68. The van der Waals surface area contributed by atoms with Crippen LogP contribution in [-0.2, 0) is 19.0 Å². The molecule has 0 bridgehead atoms. The predicted molar refractivity (Wildman–Crippen MR) is 105 cm³/mol. The molecule has 158 valence electrons. The van der Waals surface area contributed by atoms with E-state index in [0.29, 0.717) is 56.5 Å². The lowest BCUT2D eigenvalue weighted by Gasteiger charge is -2.14. The topological polar surface area (TPSA) is 80.3 Å². The van der Waals surface area contributed by atoms with E-state index in [-0.39, 0.29) is 5.97 Å². The summed E-state index contributed by atoms with van der Waals surface area (Å²) in [4.78, 5) is 23.2. The average molecular weight is 396 g/mol. The maximum absolute atomic E-state index is 11.9. The summed E-state index contributed by atoms with van der Waals surface area (Å²) in [6, 6.07) is 5.00. The molecule has 0 aliphatic carbocycles. The SMILES string of the molecule is CCOC(=O)CCCCCCOc1cc(C(=O)OCC)ccc1OCCOC. The highest BCUT2D eigenvalue weighted by Crippen LogP contribution is 2.29. The minimum Gasteiger partial charge on any atom is -0.490 e. The summed E-state index contributed by atoms with van der Waals surface area (Å²) in [7, 11) is 1.60. The van der Waals surface area contributed by atoms with Gasteiger partial charge in [0.25, 0.3) is 0 Å². The Morgan fingerprint density at radius 3 is 2.25 bits per heavy atom. The summed E-state index contributed by atoms with van der Waals surface area (Å²) in [5.41, 5.74) is 0.422. The molecule has 0 fully saturated rings. The van der Waals surface area contributed by atoms with E-state index in [1.807, 2.05) is 0 Å². The quantitative estimate of drug-likeness (QED) is 0.330. The molecular weight excluding hydrogens is 364 g/mol. The maximum atomic E-state index is 11.9. The third-order valence-corrected chi connectivity index (χ3v) is 3.84. The van der Waals surface area contributed by atoms with Gasteiger partial charge in [0.2, 0.25) is 0 Å². The molecule has 0 radical (unpaired) electrons. The normalized spacial score (nSPS) is 10.4. The van der Waals surface area contributed by atoms with E-state index in [4.69, 9.17) is 23.7 Å².